The summed E-state index contributed by atoms with van der Waals surface area (Å²) in [4.78, 5) is 7.75. The standard InChI is InChI=1S/C17H21F3N4/c1-10-6-7-11(2)12(8-10)21-14-9-13(17(18,19)20)22-15(23-14)24-16(3,4)5/h6-9H,1-5H3,(H2,21,22,23,24). The van der Waals surface area contributed by atoms with E-state index in [9.17, 15) is 13.2 Å². The number of aromatic nitrogens is 2. The average Bonchev–Trinajstić information content (AvgIpc) is 2.40. The minimum Gasteiger partial charge on any atom is -0.350 e. The van der Waals surface area contributed by atoms with Crippen LogP contribution in [0, 0.1) is 13.8 Å². The van der Waals surface area contributed by atoms with Gasteiger partial charge in [0.1, 0.15) is 5.82 Å². The molecule has 1 aromatic heterocycles. The van der Waals surface area contributed by atoms with E-state index in [0.717, 1.165) is 17.2 Å². The summed E-state index contributed by atoms with van der Waals surface area (Å²) < 4.78 is 39.4. The van der Waals surface area contributed by atoms with Crippen molar-refractivity contribution in [1.82, 2.24) is 9.97 Å². The molecule has 7 heteroatoms. The molecule has 2 N–H and O–H groups in total. The number of aryl methyl sites for hydroxylation is 2. The van der Waals surface area contributed by atoms with Crippen molar-refractivity contribution in [3.05, 3.63) is 41.1 Å². The zero-order chi connectivity index (χ0) is 18.1. The minimum atomic E-state index is -4.55. The van der Waals surface area contributed by atoms with Crippen LogP contribution in [-0.4, -0.2) is 15.5 Å². The van der Waals surface area contributed by atoms with Crippen molar-refractivity contribution >= 4 is 17.5 Å². The minimum absolute atomic E-state index is 0.0647. The molecule has 0 fully saturated rings. The van der Waals surface area contributed by atoms with Gasteiger partial charge in [-0.05, 0) is 51.8 Å². The van der Waals surface area contributed by atoms with E-state index in [1.165, 1.54) is 0 Å². The summed E-state index contributed by atoms with van der Waals surface area (Å²) in [6.07, 6.45) is -4.55. The number of alkyl halides is 3. The summed E-state index contributed by atoms with van der Waals surface area (Å²) in [5.41, 5.74) is 1.18. The lowest BCUT2D eigenvalue weighted by Crippen LogP contribution is -2.28. The number of benzene rings is 1. The molecular weight excluding hydrogens is 317 g/mol. The van der Waals surface area contributed by atoms with E-state index in [1.807, 2.05) is 52.8 Å². The van der Waals surface area contributed by atoms with Gasteiger partial charge in [-0.1, -0.05) is 12.1 Å². The van der Waals surface area contributed by atoms with Crippen LogP contribution in [0.15, 0.2) is 24.3 Å². The third kappa shape index (κ3) is 4.84. The second-order valence-electron chi connectivity index (χ2n) is 6.78. The molecule has 1 aromatic carbocycles. The Bertz CT molecular complexity index is 734. The number of anilines is 3. The molecule has 0 radical (unpaired) electrons. The first kappa shape index (κ1) is 18.0. The first-order valence-corrected chi connectivity index (χ1v) is 7.53. The number of rotatable bonds is 3. The highest BCUT2D eigenvalue weighted by atomic mass is 19.4. The first-order valence-electron chi connectivity index (χ1n) is 7.53. The van der Waals surface area contributed by atoms with E-state index >= 15 is 0 Å². The van der Waals surface area contributed by atoms with Gasteiger partial charge in [0, 0.05) is 17.3 Å². The van der Waals surface area contributed by atoms with Crippen molar-refractivity contribution in [3.63, 3.8) is 0 Å². The number of nitrogens with zero attached hydrogens (tertiary/aromatic N) is 2. The van der Waals surface area contributed by atoms with Gasteiger partial charge in [-0.3, -0.25) is 0 Å². The fourth-order valence-corrected chi connectivity index (χ4v) is 2.06. The van der Waals surface area contributed by atoms with Gasteiger partial charge < -0.3 is 10.6 Å². The molecule has 0 aliphatic rings. The second kappa shape index (κ2) is 6.30. The van der Waals surface area contributed by atoms with Crippen LogP contribution in [0.4, 0.5) is 30.6 Å². The predicted molar refractivity (Wildman–Crippen MR) is 89.6 cm³/mol. The molecule has 2 aromatic rings. The Morgan fingerprint density at radius 1 is 0.958 bits per heavy atom. The van der Waals surface area contributed by atoms with Gasteiger partial charge in [-0.25, -0.2) is 4.98 Å². The van der Waals surface area contributed by atoms with E-state index in [0.29, 0.717) is 5.69 Å². The van der Waals surface area contributed by atoms with Gasteiger partial charge >= 0.3 is 6.18 Å². The van der Waals surface area contributed by atoms with Crippen LogP contribution in [-0.2, 0) is 6.18 Å². The zero-order valence-corrected chi connectivity index (χ0v) is 14.3. The molecule has 0 saturated heterocycles. The normalized spacial score (nSPS) is 12.2. The van der Waals surface area contributed by atoms with Crippen molar-refractivity contribution < 1.29 is 13.2 Å². The van der Waals surface area contributed by atoms with E-state index in [-0.39, 0.29) is 11.8 Å². The molecule has 2 rings (SSSR count). The largest absolute Gasteiger partial charge is 0.433 e. The van der Waals surface area contributed by atoms with Gasteiger partial charge in [0.05, 0.1) is 0 Å². The molecule has 0 atom stereocenters. The molecular formula is C17H21F3N4. The second-order valence-corrected chi connectivity index (χ2v) is 6.78. The van der Waals surface area contributed by atoms with E-state index in [1.54, 1.807) is 0 Å². The summed E-state index contributed by atoms with van der Waals surface area (Å²) >= 11 is 0. The van der Waals surface area contributed by atoms with Crippen LogP contribution >= 0.6 is 0 Å². The molecule has 0 aliphatic heterocycles. The fourth-order valence-electron chi connectivity index (χ4n) is 2.06. The van der Waals surface area contributed by atoms with Crippen molar-refractivity contribution in [2.45, 2.75) is 46.3 Å². The Balaban J connectivity index is 2.44. The molecule has 0 amide bonds. The lowest BCUT2D eigenvalue weighted by atomic mass is 10.1. The predicted octanol–water partition coefficient (Wildman–Crippen LogP) is 5.07. The fraction of sp³-hybridized carbons (Fsp3) is 0.412. The van der Waals surface area contributed by atoms with Gasteiger partial charge in [0.15, 0.2) is 5.69 Å². The van der Waals surface area contributed by atoms with Crippen molar-refractivity contribution in [1.29, 1.82) is 0 Å². The highest BCUT2D eigenvalue weighted by Crippen LogP contribution is 2.31. The van der Waals surface area contributed by atoms with Gasteiger partial charge in [-0.15, -0.1) is 0 Å². The van der Waals surface area contributed by atoms with Gasteiger partial charge in [0.2, 0.25) is 5.95 Å². The van der Waals surface area contributed by atoms with Crippen LogP contribution in [0.3, 0.4) is 0 Å². The number of halogens is 3. The number of hydrogen-bond acceptors (Lipinski definition) is 4. The molecule has 130 valence electrons. The molecule has 24 heavy (non-hydrogen) atoms. The third-order valence-electron chi connectivity index (χ3n) is 3.16. The molecule has 0 unspecified atom stereocenters. The highest BCUT2D eigenvalue weighted by molar-refractivity contribution is 5.62. The summed E-state index contributed by atoms with van der Waals surface area (Å²) in [6.45, 7) is 9.28. The molecule has 4 nitrogen and oxygen atoms in total. The maximum absolute atomic E-state index is 13.1. The maximum Gasteiger partial charge on any atom is 0.433 e. The van der Waals surface area contributed by atoms with Crippen LogP contribution in [0.2, 0.25) is 0 Å². The zero-order valence-electron chi connectivity index (χ0n) is 14.3. The summed E-state index contributed by atoms with van der Waals surface area (Å²) in [5.74, 6) is 0.0305. The quantitative estimate of drug-likeness (QED) is 0.821. The topological polar surface area (TPSA) is 49.8 Å². The van der Waals surface area contributed by atoms with Crippen molar-refractivity contribution in [2.24, 2.45) is 0 Å². The van der Waals surface area contributed by atoms with E-state index in [4.69, 9.17) is 0 Å². The average molecular weight is 338 g/mol. The molecule has 0 spiro atoms. The third-order valence-corrected chi connectivity index (χ3v) is 3.16. The Morgan fingerprint density at radius 2 is 1.62 bits per heavy atom. The monoisotopic (exact) mass is 338 g/mol. The summed E-state index contributed by atoms with van der Waals surface area (Å²) in [7, 11) is 0. The van der Waals surface area contributed by atoms with Gasteiger partial charge in [0.25, 0.3) is 0 Å². The van der Waals surface area contributed by atoms with Crippen LogP contribution in [0.1, 0.15) is 37.6 Å². The van der Waals surface area contributed by atoms with Crippen molar-refractivity contribution in [3.8, 4) is 0 Å². The molecule has 1 heterocycles. The molecule has 0 saturated carbocycles. The first-order chi connectivity index (χ1) is 10.9. The smallest absolute Gasteiger partial charge is 0.350 e. The van der Waals surface area contributed by atoms with Crippen molar-refractivity contribution in [2.75, 3.05) is 10.6 Å². The van der Waals surface area contributed by atoms with Gasteiger partial charge in [-0.2, -0.15) is 18.2 Å². The van der Waals surface area contributed by atoms with E-state index < -0.39 is 17.4 Å². The lowest BCUT2D eigenvalue weighted by molar-refractivity contribution is -0.141. The van der Waals surface area contributed by atoms with Crippen LogP contribution in [0.5, 0.6) is 0 Å². The van der Waals surface area contributed by atoms with Crippen LogP contribution < -0.4 is 10.6 Å². The molecule has 0 aliphatic carbocycles. The SMILES string of the molecule is Cc1ccc(C)c(Nc2cc(C(F)(F)F)nc(NC(C)(C)C)n2)c1. The van der Waals surface area contributed by atoms with Crippen LogP contribution in [0.25, 0.3) is 0 Å². The van der Waals surface area contributed by atoms with E-state index in [2.05, 4.69) is 20.6 Å². The lowest BCUT2D eigenvalue weighted by Gasteiger charge is -2.22. The Morgan fingerprint density at radius 3 is 2.21 bits per heavy atom. The number of nitrogens with one attached hydrogen (secondary N) is 2. The highest BCUT2D eigenvalue weighted by Gasteiger charge is 2.34. The Kier molecular flexibility index (Phi) is 4.73. The Labute approximate surface area is 139 Å². The number of hydrogen-bond donors (Lipinski definition) is 2. The summed E-state index contributed by atoms with van der Waals surface area (Å²) in [5, 5.41) is 5.84. The Hall–Kier alpha value is -2.31. The maximum atomic E-state index is 13.1. The molecule has 0 bridgehead atoms. The summed E-state index contributed by atoms with van der Waals surface area (Å²) in [6, 6.07) is 6.61.